The second-order valence-electron chi connectivity index (χ2n) is 3.30. The number of carboxylic acid groups (broad SMARTS) is 1. The Balaban J connectivity index is 3.06. The van der Waals surface area contributed by atoms with Crippen LogP contribution >= 0.6 is 0 Å². The van der Waals surface area contributed by atoms with E-state index in [1.54, 1.807) is 6.92 Å². The standard InChI is InChI=1S/C9H11F3N2O2/c1-2-14-5-13-4-7(14)6(3-8(15)16)9(10,11)12/h4-6H,2-3H2,1H3,(H,15,16). The quantitative estimate of drug-likeness (QED) is 0.870. The lowest BCUT2D eigenvalue weighted by Crippen LogP contribution is -2.25. The molecule has 1 aromatic rings. The van der Waals surface area contributed by atoms with Crippen LogP contribution in [0.1, 0.15) is 25.0 Å². The maximum Gasteiger partial charge on any atom is 0.397 e. The van der Waals surface area contributed by atoms with Crippen LogP contribution < -0.4 is 0 Å². The first-order chi connectivity index (χ1) is 7.36. The molecule has 90 valence electrons. The molecule has 16 heavy (non-hydrogen) atoms. The highest BCUT2D eigenvalue weighted by molar-refractivity contribution is 5.68. The zero-order valence-corrected chi connectivity index (χ0v) is 8.53. The molecule has 0 aliphatic carbocycles. The van der Waals surface area contributed by atoms with Gasteiger partial charge < -0.3 is 9.67 Å². The van der Waals surface area contributed by atoms with E-state index >= 15 is 0 Å². The molecule has 1 rings (SSSR count). The summed E-state index contributed by atoms with van der Waals surface area (Å²) in [5, 5.41) is 8.48. The molecular formula is C9H11F3N2O2. The van der Waals surface area contributed by atoms with Gasteiger partial charge in [-0.05, 0) is 6.92 Å². The van der Waals surface area contributed by atoms with Crippen molar-refractivity contribution in [3.63, 3.8) is 0 Å². The summed E-state index contributed by atoms with van der Waals surface area (Å²) in [6.45, 7) is 1.99. The molecular weight excluding hydrogens is 225 g/mol. The zero-order valence-electron chi connectivity index (χ0n) is 8.53. The molecule has 0 aliphatic rings. The van der Waals surface area contributed by atoms with Crippen molar-refractivity contribution in [2.45, 2.75) is 32.0 Å². The first-order valence-corrected chi connectivity index (χ1v) is 4.64. The Morgan fingerprint density at radius 3 is 2.69 bits per heavy atom. The molecule has 0 aliphatic heterocycles. The molecule has 0 saturated heterocycles. The number of alkyl halides is 3. The Kier molecular flexibility index (Phi) is 3.56. The third-order valence-corrected chi connectivity index (χ3v) is 2.22. The van der Waals surface area contributed by atoms with Crippen molar-refractivity contribution in [3.05, 3.63) is 18.2 Å². The maximum atomic E-state index is 12.7. The molecule has 0 radical (unpaired) electrons. The van der Waals surface area contributed by atoms with Crippen LogP contribution in [0.15, 0.2) is 12.5 Å². The summed E-state index contributed by atoms with van der Waals surface area (Å²) in [6, 6.07) is 0. The van der Waals surface area contributed by atoms with Crippen molar-refractivity contribution in [1.29, 1.82) is 0 Å². The third kappa shape index (κ3) is 2.74. The summed E-state index contributed by atoms with van der Waals surface area (Å²) in [7, 11) is 0. The predicted octanol–water partition coefficient (Wildman–Crippen LogP) is 2.02. The molecule has 0 fully saturated rings. The number of rotatable bonds is 4. The number of aliphatic carboxylic acids is 1. The van der Waals surface area contributed by atoms with Crippen LogP contribution in [0.2, 0.25) is 0 Å². The second-order valence-corrected chi connectivity index (χ2v) is 3.30. The number of carboxylic acids is 1. The summed E-state index contributed by atoms with van der Waals surface area (Å²) in [5.41, 5.74) is -0.114. The van der Waals surface area contributed by atoms with Gasteiger partial charge in [-0.2, -0.15) is 13.2 Å². The molecule has 1 heterocycles. The first kappa shape index (κ1) is 12.5. The van der Waals surface area contributed by atoms with Crippen molar-refractivity contribution in [2.75, 3.05) is 0 Å². The van der Waals surface area contributed by atoms with Gasteiger partial charge in [0.25, 0.3) is 0 Å². The van der Waals surface area contributed by atoms with E-state index in [9.17, 15) is 18.0 Å². The number of aromatic nitrogens is 2. The number of hydrogen-bond acceptors (Lipinski definition) is 2. The van der Waals surface area contributed by atoms with E-state index in [4.69, 9.17) is 5.11 Å². The van der Waals surface area contributed by atoms with E-state index in [1.807, 2.05) is 0 Å². The van der Waals surface area contributed by atoms with Crippen molar-refractivity contribution >= 4 is 5.97 Å². The van der Waals surface area contributed by atoms with Gasteiger partial charge >= 0.3 is 12.1 Å². The Morgan fingerprint density at radius 1 is 1.62 bits per heavy atom. The molecule has 0 spiro atoms. The molecule has 4 nitrogen and oxygen atoms in total. The van der Waals surface area contributed by atoms with E-state index < -0.39 is 24.5 Å². The van der Waals surface area contributed by atoms with E-state index in [0.29, 0.717) is 6.54 Å². The lowest BCUT2D eigenvalue weighted by atomic mass is 10.0. The Hall–Kier alpha value is -1.53. The van der Waals surface area contributed by atoms with Gasteiger partial charge in [-0.1, -0.05) is 0 Å². The molecule has 1 N–H and O–H groups in total. The number of imidazole rings is 1. The topological polar surface area (TPSA) is 55.1 Å². The van der Waals surface area contributed by atoms with Gasteiger partial charge in [0.2, 0.25) is 0 Å². The highest BCUT2D eigenvalue weighted by Crippen LogP contribution is 2.37. The SMILES string of the molecule is CCn1cncc1C(CC(=O)O)C(F)(F)F. The van der Waals surface area contributed by atoms with Crippen LogP contribution in [0.4, 0.5) is 13.2 Å². The van der Waals surface area contributed by atoms with E-state index in [0.717, 1.165) is 6.20 Å². The van der Waals surface area contributed by atoms with Gasteiger partial charge in [-0.25, -0.2) is 4.98 Å². The van der Waals surface area contributed by atoms with Gasteiger partial charge in [0.15, 0.2) is 0 Å². The van der Waals surface area contributed by atoms with Gasteiger partial charge in [-0.15, -0.1) is 0 Å². The van der Waals surface area contributed by atoms with Crippen LogP contribution in [-0.4, -0.2) is 26.8 Å². The van der Waals surface area contributed by atoms with Crippen LogP contribution in [0.5, 0.6) is 0 Å². The molecule has 0 bridgehead atoms. The molecule has 1 unspecified atom stereocenters. The summed E-state index contributed by atoms with van der Waals surface area (Å²) in [6.07, 6.45) is -3.24. The first-order valence-electron chi connectivity index (χ1n) is 4.64. The van der Waals surface area contributed by atoms with E-state index in [1.165, 1.54) is 10.9 Å². The molecule has 0 saturated carbocycles. The monoisotopic (exact) mass is 236 g/mol. The number of nitrogens with zero attached hydrogens (tertiary/aromatic N) is 2. The molecule has 0 aromatic carbocycles. The van der Waals surface area contributed by atoms with Crippen LogP contribution in [0.3, 0.4) is 0 Å². The van der Waals surface area contributed by atoms with Gasteiger partial charge in [-0.3, -0.25) is 4.79 Å². The number of aryl methyl sites for hydroxylation is 1. The van der Waals surface area contributed by atoms with Crippen molar-refractivity contribution in [3.8, 4) is 0 Å². The largest absolute Gasteiger partial charge is 0.481 e. The summed E-state index contributed by atoms with van der Waals surface area (Å²) in [5.74, 6) is -3.49. The fourth-order valence-corrected chi connectivity index (χ4v) is 1.45. The van der Waals surface area contributed by atoms with Crippen molar-refractivity contribution in [1.82, 2.24) is 9.55 Å². The van der Waals surface area contributed by atoms with Crippen LogP contribution in [-0.2, 0) is 11.3 Å². The number of carbonyl (C=O) groups is 1. The third-order valence-electron chi connectivity index (χ3n) is 2.22. The minimum absolute atomic E-state index is 0.114. The van der Waals surface area contributed by atoms with Gasteiger partial charge in [0, 0.05) is 18.4 Å². The number of hydrogen-bond donors (Lipinski definition) is 1. The minimum Gasteiger partial charge on any atom is -0.481 e. The van der Waals surface area contributed by atoms with Gasteiger partial charge in [0.1, 0.15) is 5.92 Å². The smallest absolute Gasteiger partial charge is 0.397 e. The van der Waals surface area contributed by atoms with E-state index in [-0.39, 0.29) is 5.69 Å². The Morgan fingerprint density at radius 2 is 2.25 bits per heavy atom. The van der Waals surface area contributed by atoms with Crippen LogP contribution in [0, 0.1) is 0 Å². The predicted molar refractivity (Wildman–Crippen MR) is 48.9 cm³/mol. The molecule has 1 atom stereocenters. The summed E-state index contributed by atoms with van der Waals surface area (Å²) in [4.78, 5) is 14.0. The summed E-state index contributed by atoms with van der Waals surface area (Å²) >= 11 is 0. The maximum absolute atomic E-state index is 12.7. The molecule has 7 heteroatoms. The fraction of sp³-hybridized carbons (Fsp3) is 0.556. The lowest BCUT2D eigenvalue weighted by Gasteiger charge is -2.19. The zero-order chi connectivity index (χ0) is 12.3. The highest BCUT2D eigenvalue weighted by atomic mass is 19.4. The average molecular weight is 236 g/mol. The minimum atomic E-state index is -4.58. The normalized spacial score (nSPS) is 13.8. The Bertz CT molecular complexity index is 373. The van der Waals surface area contributed by atoms with E-state index in [2.05, 4.69) is 4.98 Å². The van der Waals surface area contributed by atoms with Crippen molar-refractivity contribution < 1.29 is 23.1 Å². The van der Waals surface area contributed by atoms with Crippen LogP contribution in [0.25, 0.3) is 0 Å². The summed E-state index contributed by atoms with van der Waals surface area (Å²) < 4.78 is 39.3. The molecule has 1 aromatic heterocycles. The van der Waals surface area contributed by atoms with Gasteiger partial charge in [0.05, 0.1) is 12.7 Å². The Labute approximate surface area is 89.7 Å². The second kappa shape index (κ2) is 4.54. The molecule has 0 amide bonds. The highest BCUT2D eigenvalue weighted by Gasteiger charge is 2.43. The average Bonchev–Trinajstić information content (AvgIpc) is 2.59. The van der Waals surface area contributed by atoms with Crippen molar-refractivity contribution in [2.24, 2.45) is 0 Å². The number of halogens is 3. The lowest BCUT2D eigenvalue weighted by molar-refractivity contribution is -0.164. The fourth-order valence-electron chi connectivity index (χ4n) is 1.45.